The van der Waals surface area contributed by atoms with Crippen LogP contribution in [-0.4, -0.2) is 49.3 Å². The Morgan fingerprint density at radius 1 is 1.32 bits per heavy atom. The Labute approximate surface area is 133 Å². The average Bonchev–Trinajstić information content (AvgIpc) is 2.69. The van der Waals surface area contributed by atoms with Gasteiger partial charge in [0.2, 0.25) is 0 Å². The average molecular weight is 343 g/mol. The van der Waals surface area contributed by atoms with Gasteiger partial charge < -0.3 is 4.74 Å². The summed E-state index contributed by atoms with van der Waals surface area (Å²) in [5, 5.41) is 0. The summed E-state index contributed by atoms with van der Waals surface area (Å²) in [6, 6.07) is 4.00. The molecule has 2 rings (SSSR count). The lowest BCUT2D eigenvalue weighted by Gasteiger charge is -2.11. The number of thioether (sulfide) groups is 1. The van der Waals surface area contributed by atoms with Crippen molar-refractivity contribution >= 4 is 33.7 Å². The van der Waals surface area contributed by atoms with E-state index in [0.29, 0.717) is 5.75 Å². The van der Waals surface area contributed by atoms with Crippen molar-refractivity contribution in [1.82, 2.24) is 4.31 Å². The van der Waals surface area contributed by atoms with Gasteiger partial charge in [0.1, 0.15) is 11.5 Å². The smallest absolute Gasteiger partial charge is 0.338 e. The fourth-order valence-electron chi connectivity index (χ4n) is 2.14. The van der Waals surface area contributed by atoms with Crippen LogP contribution in [0, 0.1) is 0 Å². The number of nitrogens with zero attached hydrogens (tertiary/aromatic N) is 1. The van der Waals surface area contributed by atoms with Crippen LogP contribution in [0.5, 0.6) is 0 Å². The zero-order chi connectivity index (χ0) is 16.3. The molecule has 0 aliphatic carbocycles. The summed E-state index contributed by atoms with van der Waals surface area (Å²) in [5.41, 5.74) is 0.231. The highest BCUT2D eigenvalue weighted by molar-refractivity contribution is 7.99. The molecule has 1 aliphatic rings. The topological polar surface area (TPSA) is 80.8 Å². The zero-order valence-electron chi connectivity index (χ0n) is 12.4. The van der Waals surface area contributed by atoms with Crippen LogP contribution in [0.2, 0.25) is 0 Å². The van der Waals surface area contributed by atoms with Crippen molar-refractivity contribution in [1.29, 1.82) is 0 Å². The fraction of sp³-hybridized carbons (Fsp3) is 0.429. The Kier molecular flexibility index (Phi) is 5.12. The maximum Gasteiger partial charge on any atom is 0.338 e. The van der Waals surface area contributed by atoms with Crippen molar-refractivity contribution < 1.29 is 22.7 Å². The van der Waals surface area contributed by atoms with Gasteiger partial charge in [-0.3, -0.25) is 4.79 Å². The number of amides is 1. The SMILES string of the molecule is CCSCCOC(=O)c1ccc2c(c1)S(=O)(=O)N(CC)C2=O. The van der Waals surface area contributed by atoms with Gasteiger partial charge in [0.05, 0.1) is 11.1 Å². The number of carbonyl (C=O) groups excluding carboxylic acids is 2. The van der Waals surface area contributed by atoms with E-state index in [1.165, 1.54) is 18.2 Å². The molecule has 0 bridgehead atoms. The quantitative estimate of drug-likeness (QED) is 0.578. The normalized spacial score (nSPS) is 15.7. The molecule has 0 saturated carbocycles. The number of esters is 1. The van der Waals surface area contributed by atoms with Gasteiger partial charge in [-0.05, 0) is 30.9 Å². The third-order valence-corrected chi connectivity index (χ3v) is 5.96. The van der Waals surface area contributed by atoms with Crippen LogP contribution in [0.4, 0.5) is 0 Å². The summed E-state index contributed by atoms with van der Waals surface area (Å²) in [4.78, 5) is 23.8. The van der Waals surface area contributed by atoms with Crippen molar-refractivity contribution in [3.63, 3.8) is 0 Å². The van der Waals surface area contributed by atoms with E-state index in [-0.39, 0.29) is 29.2 Å². The molecule has 1 heterocycles. The van der Waals surface area contributed by atoms with E-state index in [9.17, 15) is 18.0 Å². The van der Waals surface area contributed by atoms with Gasteiger partial charge >= 0.3 is 5.97 Å². The Bertz CT molecular complexity index is 699. The number of fused-ring (bicyclic) bond motifs is 1. The van der Waals surface area contributed by atoms with E-state index in [1.54, 1.807) is 18.7 Å². The summed E-state index contributed by atoms with van der Waals surface area (Å²) in [5.74, 6) is 0.478. The second kappa shape index (κ2) is 6.70. The molecular weight excluding hydrogens is 326 g/mol. The summed E-state index contributed by atoms with van der Waals surface area (Å²) in [6.45, 7) is 3.92. The largest absolute Gasteiger partial charge is 0.461 e. The molecule has 1 aliphatic heterocycles. The predicted octanol–water partition coefficient (Wildman–Crippen LogP) is 1.76. The molecule has 1 aromatic rings. The molecule has 8 heteroatoms. The van der Waals surface area contributed by atoms with Crippen molar-refractivity contribution in [2.75, 3.05) is 24.7 Å². The molecule has 1 amide bonds. The van der Waals surface area contributed by atoms with E-state index < -0.39 is 21.9 Å². The van der Waals surface area contributed by atoms with E-state index >= 15 is 0 Å². The summed E-state index contributed by atoms with van der Waals surface area (Å²) < 4.78 is 30.4. The van der Waals surface area contributed by atoms with Crippen LogP contribution in [0.3, 0.4) is 0 Å². The molecule has 0 fully saturated rings. The maximum absolute atomic E-state index is 12.2. The highest BCUT2D eigenvalue weighted by Crippen LogP contribution is 2.30. The van der Waals surface area contributed by atoms with Crippen molar-refractivity contribution in [3.05, 3.63) is 29.3 Å². The monoisotopic (exact) mass is 343 g/mol. The van der Waals surface area contributed by atoms with E-state index in [2.05, 4.69) is 0 Å². The third kappa shape index (κ3) is 2.98. The second-order valence-electron chi connectivity index (χ2n) is 4.52. The molecule has 0 saturated heterocycles. The van der Waals surface area contributed by atoms with Crippen LogP contribution >= 0.6 is 11.8 Å². The highest BCUT2D eigenvalue weighted by Gasteiger charge is 2.40. The Morgan fingerprint density at radius 3 is 2.68 bits per heavy atom. The Balaban J connectivity index is 2.23. The Hall–Kier alpha value is -1.54. The van der Waals surface area contributed by atoms with Crippen LogP contribution in [0.25, 0.3) is 0 Å². The first-order chi connectivity index (χ1) is 10.4. The van der Waals surface area contributed by atoms with Gasteiger partial charge in [-0.1, -0.05) is 6.92 Å². The Morgan fingerprint density at radius 2 is 2.05 bits per heavy atom. The van der Waals surface area contributed by atoms with Crippen molar-refractivity contribution in [3.8, 4) is 0 Å². The standard InChI is InChI=1S/C14H17NO5S2/c1-3-15-13(16)11-6-5-10(9-12(11)22(15,18)19)14(17)20-7-8-21-4-2/h5-6,9H,3-4,7-8H2,1-2H3. The van der Waals surface area contributed by atoms with Gasteiger partial charge in [0.25, 0.3) is 15.9 Å². The minimum Gasteiger partial charge on any atom is -0.461 e. The van der Waals surface area contributed by atoms with Crippen LogP contribution in [0.1, 0.15) is 34.6 Å². The number of carbonyl (C=O) groups is 2. The lowest BCUT2D eigenvalue weighted by molar-refractivity contribution is 0.0529. The van der Waals surface area contributed by atoms with Crippen molar-refractivity contribution in [2.45, 2.75) is 18.7 Å². The van der Waals surface area contributed by atoms with Crippen molar-refractivity contribution in [2.24, 2.45) is 0 Å². The third-order valence-electron chi connectivity index (χ3n) is 3.19. The first-order valence-electron chi connectivity index (χ1n) is 6.89. The molecule has 0 aromatic heterocycles. The first-order valence-corrected chi connectivity index (χ1v) is 9.49. The van der Waals surface area contributed by atoms with Gasteiger partial charge in [0.15, 0.2) is 0 Å². The lowest BCUT2D eigenvalue weighted by Crippen LogP contribution is -2.29. The molecule has 0 unspecified atom stereocenters. The molecule has 0 radical (unpaired) electrons. The van der Waals surface area contributed by atoms with Gasteiger partial charge in [-0.25, -0.2) is 17.5 Å². The summed E-state index contributed by atoms with van der Waals surface area (Å²) in [6.07, 6.45) is 0. The van der Waals surface area contributed by atoms with E-state index in [4.69, 9.17) is 4.74 Å². The summed E-state index contributed by atoms with van der Waals surface area (Å²) >= 11 is 1.64. The van der Waals surface area contributed by atoms with Crippen LogP contribution in [-0.2, 0) is 14.8 Å². The molecule has 120 valence electrons. The molecule has 0 spiro atoms. The van der Waals surface area contributed by atoms with Gasteiger partial charge in [0, 0.05) is 12.3 Å². The van der Waals surface area contributed by atoms with Gasteiger partial charge in [-0.15, -0.1) is 0 Å². The van der Waals surface area contributed by atoms with Crippen LogP contribution in [0.15, 0.2) is 23.1 Å². The molecule has 1 aromatic carbocycles. The molecular formula is C14H17NO5S2. The van der Waals surface area contributed by atoms with Gasteiger partial charge in [-0.2, -0.15) is 11.8 Å². The fourth-order valence-corrected chi connectivity index (χ4v) is 4.23. The second-order valence-corrected chi connectivity index (χ2v) is 7.74. The minimum atomic E-state index is -3.86. The molecule has 22 heavy (non-hydrogen) atoms. The van der Waals surface area contributed by atoms with Crippen LogP contribution < -0.4 is 0 Å². The molecule has 0 N–H and O–H groups in total. The number of hydrogen-bond donors (Lipinski definition) is 0. The molecule has 6 nitrogen and oxygen atoms in total. The number of sulfonamides is 1. The zero-order valence-corrected chi connectivity index (χ0v) is 14.0. The number of rotatable bonds is 6. The highest BCUT2D eigenvalue weighted by atomic mass is 32.2. The predicted molar refractivity (Wildman–Crippen MR) is 83.6 cm³/mol. The van der Waals surface area contributed by atoms with E-state index in [1.807, 2.05) is 6.92 Å². The number of ether oxygens (including phenoxy) is 1. The summed E-state index contributed by atoms with van der Waals surface area (Å²) in [7, 11) is -3.86. The lowest BCUT2D eigenvalue weighted by atomic mass is 10.1. The number of hydrogen-bond acceptors (Lipinski definition) is 6. The number of benzene rings is 1. The maximum atomic E-state index is 12.2. The first kappa shape index (κ1) is 16.8. The van der Waals surface area contributed by atoms with E-state index in [0.717, 1.165) is 10.1 Å². The minimum absolute atomic E-state index is 0.0594. The molecule has 0 atom stereocenters.